The maximum Gasteiger partial charge on any atom is 0.334 e. The molecule has 4 atom stereocenters. The van der Waals surface area contributed by atoms with Gasteiger partial charge in [-0.25, -0.2) is 4.79 Å². The number of fused-ring (bicyclic) bond motifs is 1. The highest BCUT2D eigenvalue weighted by molar-refractivity contribution is 5.90. The third kappa shape index (κ3) is 3.58. The molecule has 1 saturated heterocycles. The van der Waals surface area contributed by atoms with Crippen molar-refractivity contribution < 1.29 is 24.2 Å². The average Bonchev–Trinajstić information content (AvgIpc) is 2.56. The molecule has 0 aromatic carbocycles. The van der Waals surface area contributed by atoms with Gasteiger partial charge in [-0.3, -0.25) is 4.79 Å². The van der Waals surface area contributed by atoms with Crippen LogP contribution >= 0.6 is 0 Å². The average molecular weight is 308 g/mol. The molecule has 22 heavy (non-hydrogen) atoms. The summed E-state index contributed by atoms with van der Waals surface area (Å²) in [5.74, 6) is -0.708. The lowest BCUT2D eigenvalue weighted by Gasteiger charge is -2.28. The lowest BCUT2D eigenvalue weighted by Crippen LogP contribution is -2.33. The van der Waals surface area contributed by atoms with Crippen LogP contribution in [0.5, 0.6) is 0 Å². The van der Waals surface area contributed by atoms with Crippen LogP contribution < -0.4 is 0 Å². The van der Waals surface area contributed by atoms with Gasteiger partial charge in [0.25, 0.3) is 0 Å². The second kappa shape index (κ2) is 6.24. The molecule has 0 bridgehead atoms. The summed E-state index contributed by atoms with van der Waals surface area (Å²) in [5.41, 5.74) is 0.372. The normalized spacial score (nSPS) is 32.6. The molecule has 5 heteroatoms. The van der Waals surface area contributed by atoms with Crippen LogP contribution in [-0.2, 0) is 19.1 Å². The van der Waals surface area contributed by atoms with Crippen LogP contribution in [0.1, 0.15) is 46.5 Å². The highest BCUT2D eigenvalue weighted by Crippen LogP contribution is 2.41. The van der Waals surface area contributed by atoms with E-state index in [0.717, 1.165) is 5.57 Å². The summed E-state index contributed by atoms with van der Waals surface area (Å²) in [6.07, 6.45) is 3.79. The van der Waals surface area contributed by atoms with Crippen molar-refractivity contribution in [1.29, 1.82) is 0 Å². The summed E-state index contributed by atoms with van der Waals surface area (Å²) in [5, 5.41) is 10.7. The monoisotopic (exact) mass is 308 g/mol. The topological polar surface area (TPSA) is 72.8 Å². The first-order valence-corrected chi connectivity index (χ1v) is 7.69. The molecule has 0 amide bonds. The van der Waals surface area contributed by atoms with E-state index < -0.39 is 5.60 Å². The van der Waals surface area contributed by atoms with Gasteiger partial charge in [-0.15, -0.1) is 0 Å². The van der Waals surface area contributed by atoms with Gasteiger partial charge in [0, 0.05) is 24.8 Å². The number of aliphatic hydroxyl groups is 1. The largest absolute Gasteiger partial charge is 0.463 e. The van der Waals surface area contributed by atoms with Crippen molar-refractivity contribution >= 4 is 11.9 Å². The van der Waals surface area contributed by atoms with E-state index in [2.05, 4.69) is 6.58 Å². The number of carbonyl (C=O) groups is 2. The molecular weight excluding hydrogens is 284 g/mol. The zero-order valence-corrected chi connectivity index (χ0v) is 13.4. The first kappa shape index (κ1) is 16.7. The van der Waals surface area contributed by atoms with Crippen LogP contribution in [0.15, 0.2) is 23.8 Å². The third-order valence-corrected chi connectivity index (χ3v) is 4.51. The summed E-state index contributed by atoms with van der Waals surface area (Å²) in [7, 11) is 0. The molecule has 5 nitrogen and oxygen atoms in total. The summed E-state index contributed by atoms with van der Waals surface area (Å²) < 4.78 is 10.4. The maximum atomic E-state index is 11.6. The van der Waals surface area contributed by atoms with Crippen LogP contribution in [0.4, 0.5) is 0 Å². The van der Waals surface area contributed by atoms with Crippen molar-refractivity contribution in [3.63, 3.8) is 0 Å². The molecule has 0 aromatic heterocycles. The van der Waals surface area contributed by atoms with Crippen LogP contribution in [0.2, 0.25) is 0 Å². The molecule has 1 N–H and O–H groups in total. The second-order valence-electron chi connectivity index (χ2n) is 6.48. The molecule has 1 fully saturated rings. The van der Waals surface area contributed by atoms with Crippen LogP contribution in [0, 0.1) is 5.92 Å². The van der Waals surface area contributed by atoms with Crippen LogP contribution in [0.25, 0.3) is 0 Å². The van der Waals surface area contributed by atoms with Gasteiger partial charge in [0.15, 0.2) is 0 Å². The van der Waals surface area contributed by atoms with Gasteiger partial charge >= 0.3 is 11.9 Å². The molecule has 2 rings (SSSR count). The molecule has 0 unspecified atom stereocenters. The Morgan fingerprint density at radius 2 is 2.32 bits per heavy atom. The Morgan fingerprint density at radius 3 is 2.95 bits per heavy atom. The minimum Gasteiger partial charge on any atom is -0.463 e. The Kier molecular flexibility index (Phi) is 4.75. The van der Waals surface area contributed by atoms with Crippen molar-refractivity contribution in [2.75, 3.05) is 0 Å². The zero-order valence-electron chi connectivity index (χ0n) is 13.4. The van der Waals surface area contributed by atoms with Gasteiger partial charge in [-0.1, -0.05) is 12.7 Å². The highest BCUT2D eigenvalue weighted by atomic mass is 16.6. The Bertz CT molecular complexity index is 517. The minimum absolute atomic E-state index is 0.0534. The predicted molar refractivity (Wildman–Crippen MR) is 80.9 cm³/mol. The summed E-state index contributed by atoms with van der Waals surface area (Å²) in [6, 6.07) is 0. The van der Waals surface area contributed by atoms with Gasteiger partial charge in [0.2, 0.25) is 0 Å². The fourth-order valence-electron chi connectivity index (χ4n) is 3.23. The molecule has 1 heterocycles. The lowest BCUT2D eigenvalue weighted by molar-refractivity contribution is -0.145. The highest BCUT2D eigenvalue weighted by Gasteiger charge is 2.44. The SMILES string of the molecule is C=C1C(=O)O[C@@H]2C[C@@](C)(O)C(CC[C@@H](C)OC(C)=O)=CC[C@H]12. The Hall–Kier alpha value is -1.62. The molecule has 0 spiro atoms. The Morgan fingerprint density at radius 1 is 1.64 bits per heavy atom. The zero-order chi connectivity index (χ0) is 16.5. The number of ether oxygens (including phenoxy) is 2. The van der Waals surface area contributed by atoms with E-state index >= 15 is 0 Å². The van der Waals surface area contributed by atoms with E-state index in [-0.39, 0.29) is 30.1 Å². The van der Waals surface area contributed by atoms with Gasteiger partial charge < -0.3 is 14.6 Å². The van der Waals surface area contributed by atoms with E-state index in [0.29, 0.717) is 31.3 Å². The van der Waals surface area contributed by atoms with Crippen LogP contribution in [0.3, 0.4) is 0 Å². The van der Waals surface area contributed by atoms with Crippen molar-refractivity contribution in [3.8, 4) is 0 Å². The minimum atomic E-state index is -1.03. The van der Waals surface area contributed by atoms with E-state index in [1.54, 1.807) is 6.92 Å². The van der Waals surface area contributed by atoms with E-state index in [4.69, 9.17) is 9.47 Å². The second-order valence-corrected chi connectivity index (χ2v) is 6.48. The molecule has 0 radical (unpaired) electrons. The van der Waals surface area contributed by atoms with Crippen LogP contribution in [-0.4, -0.2) is 34.9 Å². The number of carbonyl (C=O) groups excluding carboxylic acids is 2. The van der Waals surface area contributed by atoms with Crippen molar-refractivity contribution in [2.24, 2.45) is 5.92 Å². The summed E-state index contributed by atoms with van der Waals surface area (Å²) >= 11 is 0. The molecular formula is C17H24O5. The van der Waals surface area contributed by atoms with E-state index in [1.165, 1.54) is 6.92 Å². The van der Waals surface area contributed by atoms with E-state index in [1.807, 2.05) is 13.0 Å². The van der Waals surface area contributed by atoms with Gasteiger partial charge in [0.1, 0.15) is 6.10 Å². The fraction of sp³-hybridized carbons (Fsp3) is 0.647. The predicted octanol–water partition coefficient (Wildman–Crippen LogP) is 2.29. The fourth-order valence-corrected chi connectivity index (χ4v) is 3.23. The Labute approximate surface area is 131 Å². The smallest absolute Gasteiger partial charge is 0.334 e. The van der Waals surface area contributed by atoms with E-state index in [9.17, 15) is 14.7 Å². The lowest BCUT2D eigenvalue weighted by atomic mass is 9.86. The van der Waals surface area contributed by atoms with Crippen molar-refractivity contribution in [1.82, 2.24) is 0 Å². The van der Waals surface area contributed by atoms with Crippen molar-refractivity contribution in [2.45, 2.75) is 64.3 Å². The maximum absolute atomic E-state index is 11.6. The molecule has 1 aliphatic carbocycles. The standard InChI is InChI=1S/C17H24O5/c1-10(21-12(3)18)5-6-13-7-8-14-11(2)16(19)22-15(14)9-17(13,4)20/h7,10,14-15,20H,2,5-6,8-9H2,1,3-4H3/t10-,14-,15-,17-/m1/s1. The Balaban J connectivity index is 2.05. The number of hydrogen-bond acceptors (Lipinski definition) is 5. The van der Waals surface area contributed by atoms with Gasteiger partial charge in [0.05, 0.1) is 11.7 Å². The first-order valence-electron chi connectivity index (χ1n) is 7.69. The number of allylic oxidation sites excluding steroid dienone is 1. The summed E-state index contributed by atoms with van der Waals surface area (Å²) in [6.45, 7) is 8.77. The molecule has 0 aromatic rings. The molecule has 2 aliphatic rings. The van der Waals surface area contributed by atoms with Gasteiger partial charge in [-0.2, -0.15) is 0 Å². The first-order chi connectivity index (χ1) is 10.2. The van der Waals surface area contributed by atoms with Crippen molar-refractivity contribution in [3.05, 3.63) is 23.8 Å². The van der Waals surface area contributed by atoms with Gasteiger partial charge in [-0.05, 0) is 38.7 Å². The third-order valence-electron chi connectivity index (χ3n) is 4.51. The number of rotatable bonds is 4. The number of hydrogen-bond donors (Lipinski definition) is 1. The number of esters is 2. The quantitative estimate of drug-likeness (QED) is 0.490. The molecule has 0 saturated carbocycles. The summed E-state index contributed by atoms with van der Waals surface area (Å²) in [4.78, 5) is 22.5. The molecule has 1 aliphatic heterocycles. The molecule has 122 valence electrons.